The second kappa shape index (κ2) is 9.15. The molecule has 0 aliphatic carbocycles. The van der Waals surface area contributed by atoms with E-state index in [4.69, 9.17) is 0 Å². The van der Waals surface area contributed by atoms with E-state index in [0.717, 1.165) is 21.6 Å². The first-order valence-corrected chi connectivity index (χ1v) is 9.84. The number of amides is 1. The molecule has 2 unspecified atom stereocenters. The van der Waals surface area contributed by atoms with Crippen molar-refractivity contribution in [2.24, 2.45) is 5.92 Å². The maximum Gasteiger partial charge on any atom is 0.233 e. The van der Waals surface area contributed by atoms with Gasteiger partial charge >= 0.3 is 0 Å². The van der Waals surface area contributed by atoms with Crippen LogP contribution in [0.2, 0.25) is 0 Å². The molecule has 0 bridgehead atoms. The monoisotopic (exact) mass is 382 g/mol. The molecular weight excluding hydrogens is 359 g/mol. The molecule has 1 amide bonds. The van der Waals surface area contributed by atoms with Crippen LogP contribution < -0.4 is 10.6 Å². The lowest BCUT2D eigenvalue weighted by molar-refractivity contribution is -0.120. The minimum Gasteiger partial charge on any atom is -0.360 e. The van der Waals surface area contributed by atoms with E-state index in [1.807, 2.05) is 13.8 Å². The maximum atomic E-state index is 13.0. The number of nitrogens with one attached hydrogen (secondary N) is 2. The Balaban J connectivity index is 1.86. The Kier molecular flexibility index (Phi) is 7.19. The van der Waals surface area contributed by atoms with Gasteiger partial charge in [0.15, 0.2) is 4.34 Å². The molecule has 2 N–H and O–H groups in total. The number of thioether (sulfide) groups is 1. The zero-order valence-electron chi connectivity index (χ0n) is 14.7. The quantitative estimate of drug-likeness (QED) is 0.673. The van der Waals surface area contributed by atoms with Gasteiger partial charge in [0.25, 0.3) is 0 Å². The molecule has 2 atom stereocenters. The summed E-state index contributed by atoms with van der Waals surface area (Å²) < 4.78 is 13.7. The van der Waals surface area contributed by atoms with Crippen molar-refractivity contribution in [3.63, 3.8) is 0 Å². The molecule has 1 heterocycles. The number of rotatable bonds is 8. The molecule has 0 saturated carbocycles. The molecular formula is C17H23FN4OS2. The molecule has 0 fully saturated rings. The highest BCUT2D eigenvalue weighted by Crippen LogP contribution is 2.29. The van der Waals surface area contributed by atoms with Gasteiger partial charge in [-0.1, -0.05) is 49.1 Å². The van der Waals surface area contributed by atoms with Gasteiger partial charge in [-0.2, -0.15) is 0 Å². The first-order chi connectivity index (χ1) is 11.8. The van der Waals surface area contributed by atoms with E-state index in [2.05, 4.69) is 34.7 Å². The topological polar surface area (TPSA) is 66.9 Å². The van der Waals surface area contributed by atoms with Gasteiger partial charge in [-0.3, -0.25) is 4.79 Å². The third-order valence-electron chi connectivity index (χ3n) is 3.44. The van der Waals surface area contributed by atoms with Gasteiger partial charge in [0, 0.05) is 6.54 Å². The third-order valence-corrected chi connectivity index (χ3v) is 5.51. The Morgan fingerprint density at radius 1 is 1.20 bits per heavy atom. The first-order valence-electron chi connectivity index (χ1n) is 8.15. The van der Waals surface area contributed by atoms with Crippen LogP contribution in [0.1, 0.15) is 39.3 Å². The van der Waals surface area contributed by atoms with E-state index in [9.17, 15) is 9.18 Å². The number of anilines is 1. The summed E-state index contributed by atoms with van der Waals surface area (Å²) in [7, 11) is 0. The van der Waals surface area contributed by atoms with Crippen LogP contribution in [0.15, 0.2) is 28.6 Å². The highest BCUT2D eigenvalue weighted by Gasteiger charge is 2.19. The van der Waals surface area contributed by atoms with E-state index in [-0.39, 0.29) is 23.0 Å². The van der Waals surface area contributed by atoms with Crippen LogP contribution in [-0.2, 0) is 4.79 Å². The van der Waals surface area contributed by atoms with E-state index in [1.165, 1.54) is 35.2 Å². The Morgan fingerprint density at radius 2 is 1.88 bits per heavy atom. The fourth-order valence-corrected chi connectivity index (χ4v) is 3.90. The van der Waals surface area contributed by atoms with E-state index in [0.29, 0.717) is 5.92 Å². The molecule has 2 aromatic rings. The number of hydrogen-bond donors (Lipinski definition) is 2. The van der Waals surface area contributed by atoms with Crippen molar-refractivity contribution in [3.05, 3.63) is 35.6 Å². The number of carbonyl (C=O) groups is 1. The van der Waals surface area contributed by atoms with Gasteiger partial charge in [-0.05, 0) is 37.5 Å². The standard InChI is InChI=1S/C17H23FN4OS2/c1-10(2)9-19-16-21-22-17(25-16)24-12(4)15(23)20-11(3)13-5-7-14(18)8-6-13/h5-8,10-12H,9H2,1-4H3,(H,19,21)(H,20,23). The smallest absolute Gasteiger partial charge is 0.233 e. The van der Waals surface area contributed by atoms with Gasteiger partial charge in [0.2, 0.25) is 11.0 Å². The molecule has 8 heteroatoms. The van der Waals surface area contributed by atoms with Gasteiger partial charge in [0.05, 0.1) is 11.3 Å². The molecule has 1 aromatic carbocycles. The summed E-state index contributed by atoms with van der Waals surface area (Å²) in [5.41, 5.74) is 0.864. The molecule has 2 rings (SSSR count). The first kappa shape index (κ1) is 19.7. The molecule has 0 aliphatic rings. The van der Waals surface area contributed by atoms with E-state index in [1.54, 1.807) is 12.1 Å². The van der Waals surface area contributed by atoms with Crippen molar-refractivity contribution >= 4 is 34.1 Å². The predicted octanol–water partition coefficient (Wildman–Crippen LogP) is 4.10. The fourth-order valence-electron chi connectivity index (χ4n) is 1.99. The summed E-state index contributed by atoms with van der Waals surface area (Å²) in [4.78, 5) is 12.4. The van der Waals surface area contributed by atoms with E-state index < -0.39 is 0 Å². The molecule has 25 heavy (non-hydrogen) atoms. The number of benzene rings is 1. The summed E-state index contributed by atoms with van der Waals surface area (Å²) in [6, 6.07) is 5.95. The van der Waals surface area contributed by atoms with Crippen LogP contribution in [0.5, 0.6) is 0 Å². The summed E-state index contributed by atoms with van der Waals surface area (Å²) >= 11 is 2.82. The molecule has 0 saturated heterocycles. The zero-order valence-corrected chi connectivity index (χ0v) is 16.4. The van der Waals surface area contributed by atoms with Crippen LogP contribution in [0.3, 0.4) is 0 Å². The number of halogens is 1. The summed E-state index contributed by atoms with van der Waals surface area (Å²) in [5.74, 6) is 0.149. The lowest BCUT2D eigenvalue weighted by atomic mass is 10.1. The minimum absolute atomic E-state index is 0.0892. The molecule has 5 nitrogen and oxygen atoms in total. The summed E-state index contributed by atoms with van der Waals surface area (Å²) in [5, 5.41) is 14.8. The van der Waals surface area contributed by atoms with E-state index >= 15 is 0 Å². The number of hydrogen-bond acceptors (Lipinski definition) is 6. The number of carbonyl (C=O) groups excluding carboxylic acids is 1. The highest BCUT2D eigenvalue weighted by molar-refractivity contribution is 8.02. The Bertz CT molecular complexity index is 690. The molecule has 0 spiro atoms. The van der Waals surface area contributed by atoms with Crippen molar-refractivity contribution in [2.75, 3.05) is 11.9 Å². The third kappa shape index (κ3) is 6.28. The van der Waals surface area contributed by atoms with Gasteiger partial charge < -0.3 is 10.6 Å². The zero-order chi connectivity index (χ0) is 18.4. The SMILES string of the molecule is CC(C)CNc1nnc(SC(C)C(=O)NC(C)c2ccc(F)cc2)s1. The lowest BCUT2D eigenvalue weighted by Crippen LogP contribution is -2.33. The maximum absolute atomic E-state index is 13.0. The predicted molar refractivity (Wildman–Crippen MR) is 102 cm³/mol. The lowest BCUT2D eigenvalue weighted by Gasteiger charge is -2.17. The highest BCUT2D eigenvalue weighted by atomic mass is 32.2. The second-order valence-electron chi connectivity index (χ2n) is 6.19. The molecule has 0 radical (unpaired) electrons. The largest absolute Gasteiger partial charge is 0.360 e. The van der Waals surface area contributed by atoms with Crippen molar-refractivity contribution < 1.29 is 9.18 Å². The van der Waals surface area contributed by atoms with Crippen molar-refractivity contribution in [3.8, 4) is 0 Å². The van der Waals surface area contributed by atoms with Crippen LogP contribution >= 0.6 is 23.1 Å². The van der Waals surface area contributed by atoms with Crippen molar-refractivity contribution in [1.82, 2.24) is 15.5 Å². The van der Waals surface area contributed by atoms with Crippen LogP contribution in [0, 0.1) is 11.7 Å². The molecule has 1 aromatic heterocycles. The molecule has 0 aliphatic heterocycles. The van der Waals surface area contributed by atoms with Gasteiger partial charge in [0.1, 0.15) is 5.82 Å². The summed E-state index contributed by atoms with van der Waals surface area (Å²) in [6.45, 7) is 8.79. The molecule has 136 valence electrons. The fraction of sp³-hybridized carbons (Fsp3) is 0.471. The normalized spacial score (nSPS) is 13.5. The minimum atomic E-state index is -0.297. The van der Waals surface area contributed by atoms with Crippen LogP contribution in [0.4, 0.5) is 9.52 Å². The average molecular weight is 383 g/mol. The Hall–Kier alpha value is -1.67. The summed E-state index contributed by atoms with van der Waals surface area (Å²) in [6.07, 6.45) is 0. The van der Waals surface area contributed by atoms with Crippen molar-refractivity contribution in [2.45, 2.75) is 43.3 Å². The second-order valence-corrected chi connectivity index (χ2v) is 8.76. The average Bonchev–Trinajstić information content (AvgIpc) is 3.00. The van der Waals surface area contributed by atoms with Crippen LogP contribution in [0.25, 0.3) is 0 Å². The Morgan fingerprint density at radius 3 is 2.52 bits per heavy atom. The number of aromatic nitrogens is 2. The Labute approximate surface area is 155 Å². The van der Waals surface area contributed by atoms with Crippen LogP contribution in [-0.4, -0.2) is 27.9 Å². The van der Waals surface area contributed by atoms with Gasteiger partial charge in [-0.25, -0.2) is 4.39 Å². The van der Waals surface area contributed by atoms with Crippen molar-refractivity contribution in [1.29, 1.82) is 0 Å². The van der Waals surface area contributed by atoms with Gasteiger partial charge in [-0.15, -0.1) is 10.2 Å². The number of nitrogens with zero attached hydrogens (tertiary/aromatic N) is 2.